The number of methoxy groups -OCH3 is 1. The second kappa shape index (κ2) is 7.09. The highest BCUT2D eigenvalue weighted by Crippen LogP contribution is 2.28. The van der Waals surface area contributed by atoms with Gasteiger partial charge in [0.1, 0.15) is 0 Å². The molecule has 0 bridgehead atoms. The van der Waals surface area contributed by atoms with E-state index in [-0.39, 0.29) is 5.78 Å². The lowest BCUT2D eigenvalue weighted by atomic mass is 10.2. The van der Waals surface area contributed by atoms with Crippen LogP contribution >= 0.6 is 27.7 Å². The molecule has 0 saturated carbocycles. The molecule has 0 aliphatic carbocycles. The van der Waals surface area contributed by atoms with Crippen LogP contribution in [-0.2, 0) is 4.74 Å². The van der Waals surface area contributed by atoms with Crippen LogP contribution in [0.25, 0.3) is 0 Å². The van der Waals surface area contributed by atoms with Crippen LogP contribution in [0.1, 0.15) is 23.7 Å². The van der Waals surface area contributed by atoms with Gasteiger partial charge in [-0.15, -0.1) is 11.8 Å². The van der Waals surface area contributed by atoms with Crippen molar-refractivity contribution in [1.82, 2.24) is 0 Å². The summed E-state index contributed by atoms with van der Waals surface area (Å²) in [4.78, 5) is 12.3. The standard InChI is InChI=1S/C12H15BrO2S/c1-9(14)10-4-5-12(11(13)8-10)16-7-3-6-15-2/h4-5,8H,3,6-7H2,1-2H3. The van der Waals surface area contributed by atoms with E-state index in [1.54, 1.807) is 25.8 Å². The molecular weight excluding hydrogens is 288 g/mol. The molecule has 1 aromatic rings. The molecule has 0 amide bonds. The van der Waals surface area contributed by atoms with Crippen molar-refractivity contribution >= 4 is 33.5 Å². The Morgan fingerprint density at radius 1 is 1.50 bits per heavy atom. The summed E-state index contributed by atoms with van der Waals surface area (Å²) in [6.45, 7) is 2.36. The molecule has 0 aromatic heterocycles. The molecule has 4 heteroatoms. The maximum Gasteiger partial charge on any atom is 0.159 e. The van der Waals surface area contributed by atoms with Crippen LogP contribution in [0.3, 0.4) is 0 Å². The van der Waals surface area contributed by atoms with Crippen LogP contribution in [0.4, 0.5) is 0 Å². The molecule has 16 heavy (non-hydrogen) atoms. The van der Waals surface area contributed by atoms with Gasteiger partial charge >= 0.3 is 0 Å². The van der Waals surface area contributed by atoms with Gasteiger partial charge in [0.15, 0.2) is 5.78 Å². The van der Waals surface area contributed by atoms with Crippen molar-refractivity contribution in [3.05, 3.63) is 28.2 Å². The number of ketones is 1. The average Bonchev–Trinajstić information content (AvgIpc) is 2.26. The van der Waals surface area contributed by atoms with Crippen LogP contribution in [0, 0.1) is 0 Å². The number of ether oxygens (including phenoxy) is 1. The quantitative estimate of drug-likeness (QED) is 0.454. The first-order valence-corrected chi connectivity index (χ1v) is 6.85. The van der Waals surface area contributed by atoms with Crippen molar-refractivity contribution in [3.63, 3.8) is 0 Å². The van der Waals surface area contributed by atoms with E-state index in [1.807, 2.05) is 18.2 Å². The molecule has 0 heterocycles. The minimum absolute atomic E-state index is 0.0941. The van der Waals surface area contributed by atoms with Crippen LogP contribution in [0.2, 0.25) is 0 Å². The predicted molar refractivity (Wildman–Crippen MR) is 71.4 cm³/mol. The van der Waals surface area contributed by atoms with E-state index in [0.29, 0.717) is 0 Å². The molecule has 2 nitrogen and oxygen atoms in total. The highest BCUT2D eigenvalue weighted by Gasteiger charge is 2.04. The Bertz CT molecular complexity index is 366. The summed E-state index contributed by atoms with van der Waals surface area (Å²) >= 11 is 5.25. The number of benzene rings is 1. The topological polar surface area (TPSA) is 26.3 Å². The Balaban J connectivity index is 2.57. The number of carbonyl (C=O) groups is 1. The molecule has 0 saturated heterocycles. The minimum atomic E-state index is 0.0941. The third-order valence-corrected chi connectivity index (χ3v) is 4.17. The zero-order valence-electron chi connectivity index (χ0n) is 9.46. The first-order chi connectivity index (χ1) is 7.65. The van der Waals surface area contributed by atoms with Gasteiger partial charge in [0.25, 0.3) is 0 Å². The summed E-state index contributed by atoms with van der Waals surface area (Å²) < 4.78 is 5.98. The van der Waals surface area contributed by atoms with E-state index in [4.69, 9.17) is 4.74 Å². The Hall–Kier alpha value is -0.320. The lowest BCUT2D eigenvalue weighted by Gasteiger charge is -2.05. The van der Waals surface area contributed by atoms with E-state index in [2.05, 4.69) is 15.9 Å². The molecule has 88 valence electrons. The number of Topliss-reactive ketones (excluding diaryl/α,β-unsaturated/α-hetero) is 1. The molecular formula is C12H15BrO2S. The molecule has 1 rings (SSSR count). The fourth-order valence-corrected chi connectivity index (χ4v) is 2.79. The van der Waals surface area contributed by atoms with Crippen molar-refractivity contribution in [2.24, 2.45) is 0 Å². The number of rotatable bonds is 6. The maximum absolute atomic E-state index is 11.2. The number of carbonyl (C=O) groups excluding carboxylic acids is 1. The van der Waals surface area contributed by atoms with Gasteiger partial charge in [-0.1, -0.05) is 6.07 Å². The number of hydrogen-bond donors (Lipinski definition) is 0. The number of thioether (sulfide) groups is 1. The van der Waals surface area contributed by atoms with Gasteiger partial charge in [-0.05, 0) is 41.4 Å². The van der Waals surface area contributed by atoms with Crippen LogP contribution in [0.5, 0.6) is 0 Å². The molecule has 0 fully saturated rings. The van der Waals surface area contributed by atoms with Gasteiger partial charge in [0, 0.05) is 34.4 Å². The molecule has 1 aromatic carbocycles. The van der Waals surface area contributed by atoms with Crippen LogP contribution < -0.4 is 0 Å². The number of hydrogen-bond acceptors (Lipinski definition) is 3. The smallest absolute Gasteiger partial charge is 0.159 e. The van der Waals surface area contributed by atoms with E-state index in [1.165, 1.54) is 4.90 Å². The SMILES string of the molecule is COCCCSc1ccc(C(C)=O)cc1Br. The largest absolute Gasteiger partial charge is 0.385 e. The Labute approximate surface area is 109 Å². The first kappa shape index (κ1) is 13.7. The molecule has 0 radical (unpaired) electrons. The van der Waals surface area contributed by atoms with Gasteiger partial charge in [0.05, 0.1) is 0 Å². The predicted octanol–water partition coefficient (Wildman–Crippen LogP) is 3.78. The first-order valence-electron chi connectivity index (χ1n) is 5.07. The monoisotopic (exact) mass is 302 g/mol. The summed E-state index contributed by atoms with van der Waals surface area (Å²) in [6, 6.07) is 5.73. The van der Waals surface area contributed by atoms with Gasteiger partial charge in [0.2, 0.25) is 0 Å². The van der Waals surface area contributed by atoms with E-state index in [9.17, 15) is 4.79 Å². The average molecular weight is 303 g/mol. The zero-order valence-corrected chi connectivity index (χ0v) is 11.9. The van der Waals surface area contributed by atoms with Crippen molar-refractivity contribution in [1.29, 1.82) is 0 Å². The molecule has 0 aliphatic rings. The zero-order chi connectivity index (χ0) is 12.0. The Morgan fingerprint density at radius 2 is 2.25 bits per heavy atom. The molecule has 0 atom stereocenters. The van der Waals surface area contributed by atoms with Gasteiger partial charge < -0.3 is 4.74 Å². The maximum atomic E-state index is 11.2. The van der Waals surface area contributed by atoms with Gasteiger partial charge in [-0.2, -0.15) is 0 Å². The summed E-state index contributed by atoms with van der Waals surface area (Å²) in [7, 11) is 1.71. The second-order valence-corrected chi connectivity index (χ2v) is 5.39. The van der Waals surface area contributed by atoms with Gasteiger partial charge in [-0.3, -0.25) is 4.79 Å². The van der Waals surface area contributed by atoms with Gasteiger partial charge in [-0.25, -0.2) is 0 Å². The van der Waals surface area contributed by atoms with Crippen LogP contribution in [0.15, 0.2) is 27.6 Å². The van der Waals surface area contributed by atoms with Crippen molar-refractivity contribution < 1.29 is 9.53 Å². The summed E-state index contributed by atoms with van der Waals surface area (Å²) in [5.74, 6) is 1.11. The van der Waals surface area contributed by atoms with E-state index < -0.39 is 0 Å². The summed E-state index contributed by atoms with van der Waals surface area (Å²) in [5.41, 5.74) is 0.744. The van der Waals surface area contributed by atoms with E-state index in [0.717, 1.165) is 28.8 Å². The number of halogens is 1. The fourth-order valence-electron chi connectivity index (χ4n) is 1.22. The second-order valence-electron chi connectivity index (χ2n) is 3.40. The fraction of sp³-hybridized carbons (Fsp3) is 0.417. The Morgan fingerprint density at radius 3 is 2.81 bits per heavy atom. The van der Waals surface area contributed by atoms with Crippen molar-refractivity contribution in [2.75, 3.05) is 19.5 Å². The lowest BCUT2D eigenvalue weighted by Crippen LogP contribution is -1.93. The van der Waals surface area contributed by atoms with Crippen LogP contribution in [-0.4, -0.2) is 25.3 Å². The third-order valence-electron chi connectivity index (χ3n) is 2.09. The highest BCUT2D eigenvalue weighted by molar-refractivity contribution is 9.10. The summed E-state index contributed by atoms with van der Waals surface area (Å²) in [5, 5.41) is 0. The lowest BCUT2D eigenvalue weighted by molar-refractivity contribution is 0.101. The molecule has 0 spiro atoms. The summed E-state index contributed by atoms with van der Waals surface area (Å²) in [6.07, 6.45) is 1.03. The normalized spacial score (nSPS) is 10.4. The molecule has 0 unspecified atom stereocenters. The van der Waals surface area contributed by atoms with Crippen molar-refractivity contribution in [3.8, 4) is 0 Å². The molecule has 0 aliphatic heterocycles. The van der Waals surface area contributed by atoms with E-state index >= 15 is 0 Å². The molecule has 0 N–H and O–H groups in total. The van der Waals surface area contributed by atoms with Crippen molar-refractivity contribution in [2.45, 2.75) is 18.2 Å². The Kier molecular flexibility index (Phi) is 6.09. The third kappa shape index (κ3) is 4.28. The highest BCUT2D eigenvalue weighted by atomic mass is 79.9. The minimum Gasteiger partial charge on any atom is -0.385 e.